The molecule has 0 atom stereocenters. The van der Waals surface area contributed by atoms with E-state index in [1.165, 1.54) is 12.1 Å². The Morgan fingerprint density at radius 1 is 0.920 bits per heavy atom. The minimum absolute atomic E-state index is 0. The molecule has 0 spiro atoms. The van der Waals surface area contributed by atoms with Gasteiger partial charge in [0.2, 0.25) is 10.0 Å². The van der Waals surface area contributed by atoms with E-state index in [4.69, 9.17) is 15.2 Å². The van der Waals surface area contributed by atoms with Crippen molar-refractivity contribution in [3.8, 4) is 17.2 Å². The fraction of sp³-hybridized carbons (Fsp3) is 0.294. The van der Waals surface area contributed by atoms with Crippen molar-refractivity contribution >= 4 is 22.4 Å². The molecule has 138 valence electrons. The topological polar surface area (TPSA) is 90.6 Å². The molecule has 0 saturated carbocycles. The van der Waals surface area contributed by atoms with Gasteiger partial charge in [-0.05, 0) is 67.9 Å². The zero-order valence-electron chi connectivity index (χ0n) is 14.0. The Bertz CT molecular complexity index is 734. The van der Waals surface area contributed by atoms with Crippen LogP contribution in [0.1, 0.15) is 12.8 Å². The van der Waals surface area contributed by atoms with Crippen LogP contribution in [-0.4, -0.2) is 28.6 Å². The minimum Gasteiger partial charge on any atom is -0.497 e. The number of benzene rings is 2. The van der Waals surface area contributed by atoms with Crippen molar-refractivity contribution in [1.82, 2.24) is 4.72 Å². The largest absolute Gasteiger partial charge is 0.497 e. The summed E-state index contributed by atoms with van der Waals surface area (Å²) in [5.74, 6) is 1.94. The molecule has 0 aliphatic heterocycles. The molecule has 2 aromatic rings. The van der Waals surface area contributed by atoms with E-state index in [2.05, 4.69) is 4.72 Å². The smallest absolute Gasteiger partial charge is 0.240 e. The number of nitrogens with two attached hydrogens (primary N) is 1. The highest BCUT2D eigenvalue weighted by Gasteiger charge is 2.13. The fourth-order valence-corrected chi connectivity index (χ4v) is 3.10. The lowest BCUT2D eigenvalue weighted by molar-refractivity contribution is 0.413. The summed E-state index contributed by atoms with van der Waals surface area (Å²) in [6, 6.07) is 13.4. The first-order chi connectivity index (χ1) is 11.5. The maximum absolute atomic E-state index is 12.1. The van der Waals surface area contributed by atoms with E-state index in [1.807, 2.05) is 0 Å². The van der Waals surface area contributed by atoms with Gasteiger partial charge in [0.15, 0.2) is 0 Å². The summed E-state index contributed by atoms with van der Waals surface area (Å²) >= 11 is 0. The fourth-order valence-electron chi connectivity index (χ4n) is 2.03. The zero-order chi connectivity index (χ0) is 17.4. The normalized spacial score (nSPS) is 10.8. The highest BCUT2D eigenvalue weighted by molar-refractivity contribution is 7.89. The summed E-state index contributed by atoms with van der Waals surface area (Å²) < 4.78 is 37.6. The predicted octanol–water partition coefficient (Wildman–Crippen LogP) is 2.93. The highest BCUT2D eigenvalue weighted by atomic mass is 35.5. The molecule has 2 aromatic carbocycles. The molecular weight excluding hydrogens is 364 g/mol. The van der Waals surface area contributed by atoms with E-state index in [0.717, 1.165) is 12.2 Å². The van der Waals surface area contributed by atoms with Gasteiger partial charge in [-0.2, -0.15) is 0 Å². The Labute approximate surface area is 154 Å². The lowest BCUT2D eigenvalue weighted by Gasteiger charge is -2.09. The van der Waals surface area contributed by atoms with Crippen LogP contribution in [0.15, 0.2) is 53.4 Å². The van der Waals surface area contributed by atoms with Crippen LogP contribution in [0.25, 0.3) is 0 Å². The lowest BCUT2D eigenvalue weighted by atomic mass is 10.3. The van der Waals surface area contributed by atoms with Crippen LogP contribution in [-0.2, 0) is 10.0 Å². The van der Waals surface area contributed by atoms with Crippen LogP contribution in [0.5, 0.6) is 17.2 Å². The van der Waals surface area contributed by atoms with Crippen molar-refractivity contribution in [3.05, 3.63) is 48.5 Å². The van der Waals surface area contributed by atoms with Gasteiger partial charge in [-0.25, -0.2) is 13.1 Å². The molecule has 0 radical (unpaired) electrons. The summed E-state index contributed by atoms with van der Waals surface area (Å²) in [4.78, 5) is 0.206. The molecule has 0 unspecified atom stereocenters. The minimum atomic E-state index is -3.50. The monoisotopic (exact) mass is 386 g/mol. The maximum atomic E-state index is 12.1. The van der Waals surface area contributed by atoms with Gasteiger partial charge in [0, 0.05) is 6.54 Å². The van der Waals surface area contributed by atoms with E-state index in [9.17, 15) is 8.42 Å². The van der Waals surface area contributed by atoms with Gasteiger partial charge in [0.05, 0.1) is 12.0 Å². The van der Waals surface area contributed by atoms with E-state index < -0.39 is 10.0 Å². The average molecular weight is 387 g/mol. The van der Waals surface area contributed by atoms with E-state index >= 15 is 0 Å². The second-order valence-corrected chi connectivity index (χ2v) is 6.91. The Morgan fingerprint density at radius 3 is 1.96 bits per heavy atom. The molecule has 6 nitrogen and oxygen atoms in total. The summed E-state index contributed by atoms with van der Waals surface area (Å²) in [5.41, 5.74) is 5.39. The molecule has 2 rings (SSSR count). The van der Waals surface area contributed by atoms with Crippen LogP contribution >= 0.6 is 12.4 Å². The molecule has 0 bridgehead atoms. The lowest BCUT2D eigenvalue weighted by Crippen LogP contribution is -2.25. The number of ether oxygens (including phenoxy) is 2. The first-order valence-electron chi connectivity index (χ1n) is 7.67. The van der Waals surface area contributed by atoms with Crippen LogP contribution in [0, 0.1) is 0 Å². The van der Waals surface area contributed by atoms with Gasteiger partial charge in [-0.3, -0.25) is 0 Å². The van der Waals surface area contributed by atoms with Crippen LogP contribution in [0.2, 0.25) is 0 Å². The molecule has 3 N–H and O–H groups in total. The molecular formula is C17H23ClN2O4S. The van der Waals surface area contributed by atoms with Crippen molar-refractivity contribution in [2.24, 2.45) is 5.73 Å². The Morgan fingerprint density at radius 2 is 1.44 bits per heavy atom. The summed E-state index contributed by atoms with van der Waals surface area (Å²) in [5, 5.41) is 0. The molecule has 0 aliphatic rings. The Balaban J connectivity index is 0.00000312. The Kier molecular flexibility index (Phi) is 8.71. The van der Waals surface area contributed by atoms with Crippen molar-refractivity contribution in [1.29, 1.82) is 0 Å². The number of rotatable bonds is 9. The Hall–Kier alpha value is -1.80. The van der Waals surface area contributed by atoms with Crippen LogP contribution in [0.3, 0.4) is 0 Å². The molecule has 0 aromatic heterocycles. The number of hydrogen-bond acceptors (Lipinski definition) is 5. The standard InChI is InChI=1S/C17H22N2O4S.ClH/c1-22-14-4-6-15(7-5-14)23-16-8-10-17(11-9-16)24(20,21)19-13-3-2-12-18;/h4-11,19H,2-3,12-13,18H2,1H3;1H. The summed E-state index contributed by atoms with van der Waals surface area (Å²) in [7, 11) is -1.91. The molecule has 0 saturated heterocycles. The molecule has 0 fully saturated rings. The average Bonchev–Trinajstić information content (AvgIpc) is 2.60. The molecule has 25 heavy (non-hydrogen) atoms. The molecule has 0 heterocycles. The van der Waals surface area contributed by atoms with Crippen molar-refractivity contribution in [2.45, 2.75) is 17.7 Å². The van der Waals surface area contributed by atoms with Crippen molar-refractivity contribution in [2.75, 3.05) is 20.2 Å². The van der Waals surface area contributed by atoms with Crippen LogP contribution < -0.4 is 19.9 Å². The molecule has 8 heteroatoms. The van der Waals surface area contributed by atoms with E-state index in [1.54, 1.807) is 43.5 Å². The SMILES string of the molecule is COc1ccc(Oc2ccc(S(=O)(=O)NCCCCN)cc2)cc1.Cl. The van der Waals surface area contributed by atoms with Gasteiger partial charge >= 0.3 is 0 Å². The first-order valence-corrected chi connectivity index (χ1v) is 9.15. The summed E-state index contributed by atoms with van der Waals surface area (Å²) in [6.45, 7) is 0.933. The second-order valence-electron chi connectivity index (χ2n) is 5.14. The quantitative estimate of drug-likeness (QED) is 0.646. The molecule has 0 aliphatic carbocycles. The zero-order valence-corrected chi connectivity index (χ0v) is 15.6. The van der Waals surface area contributed by atoms with Gasteiger partial charge in [0.1, 0.15) is 17.2 Å². The van der Waals surface area contributed by atoms with Crippen molar-refractivity contribution in [3.63, 3.8) is 0 Å². The number of sulfonamides is 1. The van der Waals surface area contributed by atoms with Gasteiger partial charge in [-0.15, -0.1) is 12.4 Å². The van der Waals surface area contributed by atoms with E-state index in [-0.39, 0.29) is 17.3 Å². The third-order valence-electron chi connectivity index (χ3n) is 3.35. The predicted molar refractivity (Wildman–Crippen MR) is 100 cm³/mol. The maximum Gasteiger partial charge on any atom is 0.240 e. The van der Waals surface area contributed by atoms with Gasteiger partial charge in [-0.1, -0.05) is 0 Å². The first kappa shape index (κ1) is 21.2. The number of halogens is 1. The van der Waals surface area contributed by atoms with E-state index in [0.29, 0.717) is 31.0 Å². The van der Waals surface area contributed by atoms with Crippen LogP contribution in [0.4, 0.5) is 0 Å². The number of unbranched alkanes of at least 4 members (excludes halogenated alkanes) is 1. The number of nitrogens with one attached hydrogen (secondary N) is 1. The summed E-state index contributed by atoms with van der Waals surface area (Å²) in [6.07, 6.45) is 1.51. The third-order valence-corrected chi connectivity index (χ3v) is 4.83. The molecule has 0 amide bonds. The van der Waals surface area contributed by atoms with Gasteiger partial charge in [0.25, 0.3) is 0 Å². The van der Waals surface area contributed by atoms with Crippen molar-refractivity contribution < 1.29 is 17.9 Å². The third kappa shape index (κ3) is 6.55. The van der Waals surface area contributed by atoms with Gasteiger partial charge < -0.3 is 15.2 Å². The highest BCUT2D eigenvalue weighted by Crippen LogP contribution is 2.24. The second kappa shape index (κ2) is 10.2. The number of hydrogen-bond donors (Lipinski definition) is 2. The number of methoxy groups -OCH3 is 1.